The highest BCUT2D eigenvalue weighted by Gasteiger charge is 2.23. The quantitative estimate of drug-likeness (QED) is 0.267. The number of benzene rings is 4. The number of fused-ring (bicyclic) bond motifs is 2. The Morgan fingerprint density at radius 3 is 2.27 bits per heavy atom. The predicted octanol–water partition coefficient (Wildman–Crippen LogP) is 6.26. The van der Waals surface area contributed by atoms with Gasteiger partial charge in [-0.3, -0.25) is 0 Å². The van der Waals surface area contributed by atoms with Crippen LogP contribution in [0.2, 0.25) is 0 Å². The summed E-state index contributed by atoms with van der Waals surface area (Å²) in [6.07, 6.45) is 1.74. The highest BCUT2D eigenvalue weighted by molar-refractivity contribution is 7.90. The van der Waals surface area contributed by atoms with Gasteiger partial charge in [-0.05, 0) is 55.0 Å². The lowest BCUT2D eigenvalue weighted by molar-refractivity contribution is 0.416. The van der Waals surface area contributed by atoms with Crippen molar-refractivity contribution in [1.82, 2.24) is 13.5 Å². The Labute approximate surface area is 215 Å². The Balaban J connectivity index is 1.55. The van der Waals surface area contributed by atoms with Gasteiger partial charge in [0.2, 0.25) is 0 Å². The number of aromatic nitrogens is 3. The number of rotatable bonds is 6. The molecule has 0 saturated heterocycles. The van der Waals surface area contributed by atoms with E-state index < -0.39 is 10.0 Å². The molecule has 0 N–H and O–H groups in total. The summed E-state index contributed by atoms with van der Waals surface area (Å²) in [6.45, 7) is 2.37. The Morgan fingerprint density at radius 1 is 0.811 bits per heavy atom. The van der Waals surface area contributed by atoms with Crippen LogP contribution in [-0.2, 0) is 16.6 Å². The van der Waals surface area contributed by atoms with Crippen molar-refractivity contribution in [3.05, 3.63) is 114 Å². The van der Waals surface area contributed by atoms with Gasteiger partial charge >= 0.3 is 0 Å². The highest BCUT2D eigenvalue weighted by atomic mass is 32.2. The molecule has 0 saturated carbocycles. The fraction of sp³-hybridized carbons (Fsp3) is 0.100. The molecule has 2 aromatic heterocycles. The number of aryl methyl sites for hydroxylation is 1. The Morgan fingerprint density at radius 2 is 1.49 bits per heavy atom. The smallest absolute Gasteiger partial charge is 0.268 e. The van der Waals surface area contributed by atoms with E-state index in [0.29, 0.717) is 12.1 Å². The maximum absolute atomic E-state index is 13.7. The second-order valence-corrected chi connectivity index (χ2v) is 10.8. The van der Waals surface area contributed by atoms with Crippen LogP contribution in [0.25, 0.3) is 33.3 Å². The van der Waals surface area contributed by atoms with Gasteiger partial charge < -0.3 is 9.30 Å². The molecule has 0 atom stereocenters. The van der Waals surface area contributed by atoms with Crippen LogP contribution in [0, 0.1) is 6.92 Å². The lowest BCUT2D eigenvalue weighted by Crippen LogP contribution is -2.12. The zero-order valence-corrected chi connectivity index (χ0v) is 21.3. The van der Waals surface area contributed by atoms with Crippen molar-refractivity contribution in [2.45, 2.75) is 18.4 Å². The molecule has 6 rings (SSSR count). The molecule has 0 aliphatic heterocycles. The van der Waals surface area contributed by atoms with Crippen LogP contribution in [0.4, 0.5) is 0 Å². The summed E-state index contributed by atoms with van der Waals surface area (Å²) in [5.74, 6) is 1.49. The first kappa shape index (κ1) is 23.1. The fourth-order valence-corrected chi connectivity index (χ4v) is 6.20. The molecule has 0 amide bonds. The number of hydrogen-bond acceptors (Lipinski definition) is 4. The van der Waals surface area contributed by atoms with E-state index in [1.807, 2.05) is 91.9 Å². The van der Waals surface area contributed by atoms with Crippen LogP contribution in [0.15, 0.2) is 108 Å². The second-order valence-electron chi connectivity index (χ2n) is 9.00. The molecular formula is C30H25N3O3S. The Kier molecular flexibility index (Phi) is 5.57. The Bertz CT molecular complexity index is 1870. The predicted molar refractivity (Wildman–Crippen MR) is 147 cm³/mol. The minimum atomic E-state index is -3.78. The molecule has 0 aliphatic carbocycles. The van der Waals surface area contributed by atoms with Crippen LogP contribution in [0.5, 0.6) is 5.75 Å². The third-order valence-corrected chi connectivity index (χ3v) is 8.36. The van der Waals surface area contributed by atoms with Gasteiger partial charge in [-0.25, -0.2) is 17.4 Å². The minimum Gasteiger partial charge on any atom is -0.496 e. The highest BCUT2D eigenvalue weighted by Crippen LogP contribution is 2.34. The first-order valence-electron chi connectivity index (χ1n) is 12.0. The average molecular weight is 508 g/mol. The van der Waals surface area contributed by atoms with Crippen molar-refractivity contribution in [2.75, 3.05) is 7.11 Å². The normalized spacial score (nSPS) is 11.8. The van der Waals surface area contributed by atoms with Gasteiger partial charge in [-0.2, -0.15) is 0 Å². The lowest BCUT2D eigenvalue weighted by atomic mass is 10.1. The summed E-state index contributed by atoms with van der Waals surface area (Å²) in [5.41, 5.74) is 5.22. The fourth-order valence-electron chi connectivity index (χ4n) is 4.81. The zero-order valence-electron chi connectivity index (χ0n) is 20.5. The van der Waals surface area contributed by atoms with E-state index >= 15 is 0 Å². The van der Waals surface area contributed by atoms with Crippen LogP contribution in [-0.4, -0.2) is 29.1 Å². The standard InChI is InChI=1S/C30H25N3O3S/c1-21-15-17-23(18-16-21)37(34,35)33-20-22(24-9-3-6-12-27(24)33)19-32-28-13-7-5-11-26(28)31-30(32)25-10-4-8-14-29(25)36-2/h3-18,20H,19H2,1-2H3. The molecule has 7 heteroatoms. The summed E-state index contributed by atoms with van der Waals surface area (Å²) < 4.78 is 36.5. The van der Waals surface area contributed by atoms with E-state index in [1.54, 1.807) is 25.4 Å². The van der Waals surface area contributed by atoms with Crippen molar-refractivity contribution in [2.24, 2.45) is 0 Å². The van der Waals surface area contributed by atoms with Crippen molar-refractivity contribution in [1.29, 1.82) is 0 Å². The molecule has 0 radical (unpaired) electrons. The molecule has 6 aromatic rings. The molecule has 2 heterocycles. The molecule has 6 nitrogen and oxygen atoms in total. The first-order valence-corrected chi connectivity index (χ1v) is 13.4. The van der Waals surface area contributed by atoms with Gasteiger partial charge in [-0.15, -0.1) is 0 Å². The first-order chi connectivity index (χ1) is 18.0. The maximum Gasteiger partial charge on any atom is 0.268 e. The van der Waals surface area contributed by atoms with E-state index in [-0.39, 0.29) is 4.90 Å². The number of para-hydroxylation sites is 4. The van der Waals surface area contributed by atoms with Gasteiger partial charge in [0.25, 0.3) is 10.0 Å². The number of methoxy groups -OCH3 is 1. The van der Waals surface area contributed by atoms with Crippen molar-refractivity contribution < 1.29 is 13.2 Å². The zero-order chi connectivity index (χ0) is 25.6. The summed E-state index contributed by atoms with van der Waals surface area (Å²) in [4.78, 5) is 5.19. The van der Waals surface area contributed by atoms with Crippen molar-refractivity contribution in [3.8, 4) is 17.1 Å². The second kappa shape index (κ2) is 8.94. The average Bonchev–Trinajstić information content (AvgIpc) is 3.48. The van der Waals surface area contributed by atoms with E-state index in [4.69, 9.17) is 9.72 Å². The monoisotopic (exact) mass is 507 g/mol. The SMILES string of the molecule is COc1ccccc1-c1nc2ccccc2n1Cc1cn(S(=O)(=O)c2ccc(C)cc2)c2ccccc12. The molecular weight excluding hydrogens is 482 g/mol. The molecule has 0 bridgehead atoms. The summed E-state index contributed by atoms with van der Waals surface area (Å²) in [5, 5.41) is 0.877. The third kappa shape index (κ3) is 3.88. The maximum atomic E-state index is 13.7. The van der Waals surface area contributed by atoms with Gasteiger partial charge in [0, 0.05) is 11.6 Å². The lowest BCUT2D eigenvalue weighted by Gasteiger charge is -2.12. The molecule has 0 fully saturated rings. The third-order valence-electron chi connectivity index (χ3n) is 6.67. The molecule has 4 aromatic carbocycles. The van der Waals surface area contributed by atoms with E-state index in [0.717, 1.165) is 44.7 Å². The number of hydrogen-bond donors (Lipinski definition) is 0. The van der Waals surface area contributed by atoms with Gasteiger partial charge in [0.15, 0.2) is 0 Å². The molecule has 184 valence electrons. The van der Waals surface area contributed by atoms with Gasteiger partial charge in [0.05, 0.1) is 40.7 Å². The molecule has 0 spiro atoms. The van der Waals surface area contributed by atoms with Crippen LogP contribution in [0.1, 0.15) is 11.1 Å². The minimum absolute atomic E-state index is 0.258. The van der Waals surface area contributed by atoms with Gasteiger partial charge in [0.1, 0.15) is 11.6 Å². The number of ether oxygens (including phenoxy) is 1. The number of nitrogens with zero attached hydrogens (tertiary/aromatic N) is 3. The number of imidazole rings is 1. The largest absolute Gasteiger partial charge is 0.496 e. The van der Waals surface area contributed by atoms with Gasteiger partial charge in [-0.1, -0.05) is 60.2 Å². The van der Waals surface area contributed by atoms with Crippen molar-refractivity contribution >= 4 is 32.0 Å². The molecule has 0 unspecified atom stereocenters. The van der Waals surface area contributed by atoms with Crippen molar-refractivity contribution in [3.63, 3.8) is 0 Å². The van der Waals surface area contributed by atoms with Crippen LogP contribution < -0.4 is 4.74 Å². The summed E-state index contributed by atoms with van der Waals surface area (Å²) >= 11 is 0. The Hall–Kier alpha value is -4.36. The molecule has 0 aliphatic rings. The van der Waals surface area contributed by atoms with Crippen LogP contribution in [0.3, 0.4) is 0 Å². The summed E-state index contributed by atoms with van der Waals surface area (Å²) in [7, 11) is -2.14. The van der Waals surface area contributed by atoms with E-state index in [1.165, 1.54) is 3.97 Å². The molecule has 37 heavy (non-hydrogen) atoms. The topological polar surface area (TPSA) is 66.1 Å². The van der Waals surface area contributed by atoms with Crippen LogP contribution >= 0.6 is 0 Å². The van der Waals surface area contributed by atoms with E-state index in [9.17, 15) is 8.42 Å². The van der Waals surface area contributed by atoms with E-state index in [2.05, 4.69) is 4.57 Å². The summed E-state index contributed by atoms with van der Waals surface area (Å²) in [6, 6.07) is 30.3.